The number of hydrogen-bond donors (Lipinski definition) is 2. The van der Waals surface area contributed by atoms with E-state index in [4.69, 9.17) is 4.74 Å². The number of halogens is 2. The molecule has 1 aliphatic heterocycles. The molecule has 1 aromatic carbocycles. The van der Waals surface area contributed by atoms with Crippen molar-refractivity contribution in [2.24, 2.45) is 5.92 Å². The van der Waals surface area contributed by atoms with Crippen molar-refractivity contribution >= 4 is 24.8 Å². The summed E-state index contributed by atoms with van der Waals surface area (Å²) in [5.41, 5.74) is 1.02. The first-order chi connectivity index (χ1) is 9.67. The van der Waals surface area contributed by atoms with Crippen molar-refractivity contribution in [2.75, 3.05) is 33.3 Å². The maximum Gasteiger partial charge on any atom is 0.124 e. The van der Waals surface area contributed by atoms with Gasteiger partial charge in [-0.1, -0.05) is 26.3 Å². The average molecular weight is 351 g/mol. The molecule has 2 atom stereocenters. The van der Waals surface area contributed by atoms with E-state index in [1.807, 2.05) is 12.1 Å². The van der Waals surface area contributed by atoms with Gasteiger partial charge in [0.05, 0.1) is 7.11 Å². The van der Waals surface area contributed by atoms with Gasteiger partial charge in [-0.15, -0.1) is 24.8 Å². The Kier molecular flexibility index (Phi) is 9.85. The molecular weight excluding hydrogens is 323 g/mol. The van der Waals surface area contributed by atoms with Crippen LogP contribution in [0.2, 0.25) is 0 Å². The van der Waals surface area contributed by atoms with Crippen molar-refractivity contribution in [3.05, 3.63) is 23.8 Å². The highest BCUT2D eigenvalue weighted by Crippen LogP contribution is 2.37. The van der Waals surface area contributed by atoms with E-state index >= 15 is 0 Å². The third-order valence-corrected chi connectivity index (χ3v) is 4.28. The number of phenolic OH excluding ortho intramolecular Hbond substituents is 1. The van der Waals surface area contributed by atoms with Gasteiger partial charge in [0.15, 0.2) is 0 Å². The highest BCUT2D eigenvalue weighted by molar-refractivity contribution is 5.85. The lowest BCUT2D eigenvalue weighted by Crippen LogP contribution is -2.46. The second-order valence-corrected chi connectivity index (χ2v) is 5.54. The molecule has 0 bridgehead atoms. The smallest absolute Gasteiger partial charge is 0.124 e. The van der Waals surface area contributed by atoms with Crippen LogP contribution in [0, 0.1) is 5.92 Å². The van der Waals surface area contributed by atoms with Crippen LogP contribution in [-0.4, -0.2) is 43.3 Å². The van der Waals surface area contributed by atoms with Gasteiger partial charge in [0.2, 0.25) is 0 Å². The van der Waals surface area contributed by atoms with Crippen molar-refractivity contribution in [3.8, 4) is 11.5 Å². The quantitative estimate of drug-likeness (QED) is 0.855. The summed E-state index contributed by atoms with van der Waals surface area (Å²) in [5, 5.41) is 13.7. The van der Waals surface area contributed by atoms with Gasteiger partial charge in [0.1, 0.15) is 11.5 Å². The Morgan fingerprint density at radius 2 is 1.91 bits per heavy atom. The summed E-state index contributed by atoms with van der Waals surface area (Å²) in [6.45, 7) is 8.56. The molecule has 1 unspecified atom stereocenters. The number of benzene rings is 1. The number of piperazine rings is 1. The van der Waals surface area contributed by atoms with Crippen molar-refractivity contribution in [3.63, 3.8) is 0 Å². The SMILES string of the molecule is CCC(C)[C@H](c1ccc(OC)cc1O)N1CCNCC1.Cl.Cl. The minimum atomic E-state index is 0. The summed E-state index contributed by atoms with van der Waals surface area (Å²) in [6.07, 6.45) is 1.10. The van der Waals surface area contributed by atoms with E-state index in [-0.39, 0.29) is 30.9 Å². The Labute approximate surface area is 146 Å². The Bertz CT molecular complexity index is 440. The Morgan fingerprint density at radius 3 is 2.41 bits per heavy atom. The molecule has 4 nitrogen and oxygen atoms in total. The van der Waals surface area contributed by atoms with Crippen LogP contribution in [0.15, 0.2) is 18.2 Å². The molecule has 0 saturated carbocycles. The van der Waals surface area contributed by atoms with E-state index < -0.39 is 0 Å². The minimum absolute atomic E-state index is 0. The van der Waals surface area contributed by atoms with Crippen LogP contribution in [-0.2, 0) is 0 Å². The first-order valence-electron chi connectivity index (χ1n) is 7.49. The van der Waals surface area contributed by atoms with Gasteiger partial charge in [-0.25, -0.2) is 0 Å². The van der Waals surface area contributed by atoms with Crippen LogP contribution >= 0.6 is 24.8 Å². The summed E-state index contributed by atoms with van der Waals surface area (Å²) in [7, 11) is 1.62. The largest absolute Gasteiger partial charge is 0.507 e. The Morgan fingerprint density at radius 1 is 1.27 bits per heavy atom. The second-order valence-electron chi connectivity index (χ2n) is 5.54. The molecular formula is C16H28Cl2N2O2. The minimum Gasteiger partial charge on any atom is -0.507 e. The summed E-state index contributed by atoms with van der Waals surface area (Å²) in [5.74, 6) is 1.55. The Hall–Kier alpha value is -0.680. The van der Waals surface area contributed by atoms with Gasteiger partial charge >= 0.3 is 0 Å². The predicted octanol–water partition coefficient (Wildman–Crippen LogP) is 3.24. The number of rotatable bonds is 5. The van der Waals surface area contributed by atoms with E-state index in [0.717, 1.165) is 38.2 Å². The van der Waals surface area contributed by atoms with E-state index in [9.17, 15) is 5.11 Å². The Balaban J connectivity index is 0.00000220. The topological polar surface area (TPSA) is 44.7 Å². The normalized spacial score (nSPS) is 17.8. The standard InChI is InChI=1S/C16H26N2O2.2ClH/c1-4-12(2)16(18-9-7-17-8-10-18)14-6-5-13(20-3)11-15(14)19;;/h5-6,11-12,16-17,19H,4,7-10H2,1-3H3;2*1H/t12?,16-;;/m1../s1. The molecule has 1 fully saturated rings. The maximum absolute atomic E-state index is 10.3. The summed E-state index contributed by atoms with van der Waals surface area (Å²) in [4.78, 5) is 2.48. The molecule has 1 saturated heterocycles. The van der Waals surface area contributed by atoms with Crippen LogP contribution in [0.4, 0.5) is 0 Å². The van der Waals surface area contributed by atoms with Gasteiger partial charge in [0, 0.05) is 43.9 Å². The molecule has 2 rings (SSSR count). The van der Waals surface area contributed by atoms with E-state index in [1.165, 1.54) is 0 Å². The summed E-state index contributed by atoms with van der Waals surface area (Å²) >= 11 is 0. The highest BCUT2D eigenvalue weighted by atomic mass is 35.5. The fourth-order valence-corrected chi connectivity index (χ4v) is 2.95. The van der Waals surface area contributed by atoms with Crippen molar-refractivity contribution in [1.82, 2.24) is 10.2 Å². The van der Waals surface area contributed by atoms with Gasteiger partial charge in [0.25, 0.3) is 0 Å². The van der Waals surface area contributed by atoms with Crippen LogP contribution in [0.25, 0.3) is 0 Å². The second kappa shape index (κ2) is 10.2. The predicted molar refractivity (Wildman–Crippen MR) is 95.8 cm³/mol. The number of nitrogens with one attached hydrogen (secondary N) is 1. The van der Waals surface area contributed by atoms with Gasteiger partial charge in [-0.05, 0) is 12.0 Å². The highest BCUT2D eigenvalue weighted by Gasteiger charge is 2.28. The number of ether oxygens (including phenoxy) is 1. The van der Waals surface area contributed by atoms with Crippen LogP contribution in [0.1, 0.15) is 31.9 Å². The monoisotopic (exact) mass is 350 g/mol. The average Bonchev–Trinajstić information content (AvgIpc) is 2.50. The third kappa shape index (κ3) is 4.92. The molecule has 0 amide bonds. The van der Waals surface area contributed by atoms with Gasteiger partial charge in [-0.2, -0.15) is 0 Å². The summed E-state index contributed by atoms with van der Waals surface area (Å²) < 4.78 is 5.18. The first-order valence-corrected chi connectivity index (χ1v) is 7.49. The van der Waals surface area contributed by atoms with Gasteiger partial charge in [-0.3, -0.25) is 4.90 Å². The molecule has 0 spiro atoms. The number of nitrogens with zero attached hydrogens (tertiary/aromatic N) is 1. The lowest BCUT2D eigenvalue weighted by Gasteiger charge is -2.38. The van der Waals surface area contributed by atoms with Crippen LogP contribution < -0.4 is 10.1 Å². The molecule has 1 aliphatic rings. The maximum atomic E-state index is 10.3. The van der Waals surface area contributed by atoms with Crippen molar-refractivity contribution in [2.45, 2.75) is 26.3 Å². The van der Waals surface area contributed by atoms with Crippen molar-refractivity contribution < 1.29 is 9.84 Å². The zero-order valence-corrected chi connectivity index (χ0v) is 15.2. The fraction of sp³-hybridized carbons (Fsp3) is 0.625. The van der Waals surface area contributed by atoms with Crippen LogP contribution in [0.5, 0.6) is 11.5 Å². The third-order valence-electron chi connectivity index (χ3n) is 4.28. The zero-order chi connectivity index (χ0) is 14.5. The molecule has 2 N–H and O–H groups in total. The number of phenols is 1. The van der Waals surface area contributed by atoms with E-state index in [2.05, 4.69) is 24.1 Å². The fourth-order valence-electron chi connectivity index (χ4n) is 2.95. The molecule has 0 aromatic heterocycles. The summed E-state index contributed by atoms with van der Waals surface area (Å²) in [6, 6.07) is 5.93. The number of hydrogen-bond acceptors (Lipinski definition) is 4. The molecule has 22 heavy (non-hydrogen) atoms. The van der Waals surface area contributed by atoms with E-state index in [1.54, 1.807) is 13.2 Å². The molecule has 0 aliphatic carbocycles. The zero-order valence-electron chi connectivity index (χ0n) is 13.5. The van der Waals surface area contributed by atoms with Crippen LogP contribution in [0.3, 0.4) is 0 Å². The molecule has 1 aromatic rings. The number of aromatic hydroxyl groups is 1. The molecule has 1 heterocycles. The van der Waals surface area contributed by atoms with E-state index in [0.29, 0.717) is 17.4 Å². The molecule has 6 heteroatoms. The lowest BCUT2D eigenvalue weighted by atomic mass is 9.90. The lowest BCUT2D eigenvalue weighted by molar-refractivity contribution is 0.126. The van der Waals surface area contributed by atoms with Gasteiger partial charge < -0.3 is 15.2 Å². The first kappa shape index (κ1) is 21.3. The molecule has 0 radical (unpaired) electrons. The van der Waals surface area contributed by atoms with Crippen molar-refractivity contribution in [1.29, 1.82) is 0 Å². The number of methoxy groups -OCH3 is 1. The molecule has 128 valence electrons.